The van der Waals surface area contributed by atoms with Gasteiger partial charge in [-0.25, -0.2) is 0 Å². The quantitative estimate of drug-likeness (QED) is 0.447. The molecule has 0 fully saturated rings. The van der Waals surface area contributed by atoms with E-state index in [1.54, 1.807) is 14.1 Å². The van der Waals surface area contributed by atoms with E-state index in [0.717, 1.165) is 17.7 Å². The maximum absolute atomic E-state index is 11.9. The van der Waals surface area contributed by atoms with E-state index < -0.39 is 5.41 Å². The van der Waals surface area contributed by atoms with E-state index in [2.05, 4.69) is 66.8 Å². The number of amides is 1. The van der Waals surface area contributed by atoms with Gasteiger partial charge in [0, 0.05) is 32.7 Å². The Morgan fingerprint density at radius 2 is 1.89 bits per heavy atom. The molecule has 0 aliphatic heterocycles. The molecule has 0 saturated heterocycles. The van der Waals surface area contributed by atoms with Crippen LogP contribution in [-0.4, -0.2) is 38.6 Å². The van der Waals surface area contributed by atoms with Crippen molar-refractivity contribution in [1.82, 2.24) is 16.0 Å². The van der Waals surface area contributed by atoms with Crippen molar-refractivity contribution in [2.75, 3.05) is 20.6 Å². The van der Waals surface area contributed by atoms with Crippen LogP contribution in [0.3, 0.4) is 0 Å². The predicted molar refractivity (Wildman–Crippen MR) is 117 cm³/mol. The summed E-state index contributed by atoms with van der Waals surface area (Å²) >= 11 is 0. The Hall–Kier alpha value is -2.24. The van der Waals surface area contributed by atoms with Gasteiger partial charge in [0.1, 0.15) is 5.75 Å². The number of aliphatic imine (C=N–C) groups is 1. The second-order valence-electron chi connectivity index (χ2n) is 8.41. The van der Waals surface area contributed by atoms with E-state index >= 15 is 0 Å². The molecule has 0 spiro atoms. The van der Waals surface area contributed by atoms with Crippen LogP contribution in [0.5, 0.6) is 5.75 Å². The van der Waals surface area contributed by atoms with Crippen molar-refractivity contribution in [2.24, 2.45) is 16.3 Å². The van der Waals surface area contributed by atoms with Crippen LogP contribution in [-0.2, 0) is 11.3 Å². The minimum absolute atomic E-state index is 0.0104. The zero-order chi connectivity index (χ0) is 21.3. The molecule has 1 rings (SSSR count). The van der Waals surface area contributed by atoms with Gasteiger partial charge in [-0.2, -0.15) is 0 Å². The van der Waals surface area contributed by atoms with Crippen LogP contribution in [0.15, 0.2) is 23.2 Å². The number of rotatable bonds is 9. The lowest BCUT2D eigenvalue weighted by Crippen LogP contribution is -2.47. The molecule has 158 valence electrons. The minimum Gasteiger partial charge on any atom is -0.490 e. The molecule has 0 aliphatic carbocycles. The van der Waals surface area contributed by atoms with Gasteiger partial charge in [-0.15, -0.1) is 0 Å². The Bertz CT molecular complexity index is 669. The molecule has 1 aromatic rings. The maximum atomic E-state index is 11.9. The fourth-order valence-electron chi connectivity index (χ4n) is 2.97. The summed E-state index contributed by atoms with van der Waals surface area (Å²) < 4.78 is 6.21. The fourth-order valence-corrected chi connectivity index (χ4v) is 2.97. The number of nitrogens with zero attached hydrogens (tertiary/aromatic N) is 1. The fraction of sp³-hybridized carbons (Fsp3) is 0.636. The third kappa shape index (κ3) is 7.79. The first-order valence-electron chi connectivity index (χ1n) is 10.0. The van der Waals surface area contributed by atoms with Gasteiger partial charge < -0.3 is 20.7 Å². The highest BCUT2D eigenvalue weighted by molar-refractivity contribution is 5.84. The number of aryl methyl sites for hydroxylation is 1. The number of nitrogens with one attached hydrogen (secondary N) is 3. The van der Waals surface area contributed by atoms with Gasteiger partial charge in [0.15, 0.2) is 5.96 Å². The van der Waals surface area contributed by atoms with Gasteiger partial charge in [0.25, 0.3) is 0 Å². The average molecular weight is 391 g/mol. The van der Waals surface area contributed by atoms with E-state index in [-0.39, 0.29) is 12.0 Å². The number of hydrogen-bond donors (Lipinski definition) is 3. The molecule has 0 radical (unpaired) electrons. The number of carbonyl (C=O) groups is 1. The number of hydrogen-bond acceptors (Lipinski definition) is 3. The summed E-state index contributed by atoms with van der Waals surface area (Å²) in [4.78, 5) is 16.2. The molecule has 0 aromatic heterocycles. The molecule has 0 saturated carbocycles. The molecule has 28 heavy (non-hydrogen) atoms. The Morgan fingerprint density at radius 3 is 2.46 bits per heavy atom. The zero-order valence-electron chi connectivity index (χ0n) is 18.8. The average Bonchev–Trinajstić information content (AvgIpc) is 2.61. The number of benzene rings is 1. The highest BCUT2D eigenvalue weighted by Crippen LogP contribution is 2.23. The van der Waals surface area contributed by atoms with E-state index in [9.17, 15) is 4.79 Å². The molecule has 1 atom stereocenters. The normalized spacial score (nSPS) is 13.2. The second kappa shape index (κ2) is 10.9. The van der Waals surface area contributed by atoms with Crippen molar-refractivity contribution < 1.29 is 9.53 Å². The van der Waals surface area contributed by atoms with Gasteiger partial charge in [-0.05, 0) is 51.7 Å². The molecule has 6 nitrogen and oxygen atoms in total. The minimum atomic E-state index is -0.531. The van der Waals surface area contributed by atoms with E-state index in [4.69, 9.17) is 4.74 Å². The molecular formula is C22H38N4O2. The second-order valence-corrected chi connectivity index (χ2v) is 8.41. The molecule has 1 aromatic carbocycles. The SMILES string of the molecule is CN=C(NCc1ccc(C)cc1OC(C)CC(C)C)NCC(C)(C)C(=O)NC. The summed E-state index contributed by atoms with van der Waals surface area (Å²) in [7, 11) is 3.37. The first-order valence-corrected chi connectivity index (χ1v) is 10.0. The largest absolute Gasteiger partial charge is 0.490 e. The molecule has 1 amide bonds. The van der Waals surface area contributed by atoms with Crippen LogP contribution in [0.1, 0.15) is 52.2 Å². The van der Waals surface area contributed by atoms with Crippen molar-refractivity contribution >= 4 is 11.9 Å². The van der Waals surface area contributed by atoms with E-state index in [1.807, 2.05) is 13.8 Å². The monoisotopic (exact) mass is 390 g/mol. The molecule has 3 N–H and O–H groups in total. The Labute approximate surface area is 170 Å². The Balaban J connectivity index is 2.75. The van der Waals surface area contributed by atoms with Crippen molar-refractivity contribution in [3.63, 3.8) is 0 Å². The summed E-state index contributed by atoms with van der Waals surface area (Å²) in [5, 5.41) is 9.24. The first kappa shape index (κ1) is 23.8. The van der Waals surface area contributed by atoms with Crippen LogP contribution in [0.4, 0.5) is 0 Å². The van der Waals surface area contributed by atoms with Crippen molar-refractivity contribution in [1.29, 1.82) is 0 Å². The van der Waals surface area contributed by atoms with E-state index in [0.29, 0.717) is 25.0 Å². The van der Waals surface area contributed by atoms with Gasteiger partial charge in [-0.3, -0.25) is 9.79 Å². The molecule has 6 heteroatoms. The lowest BCUT2D eigenvalue weighted by molar-refractivity contribution is -0.128. The zero-order valence-corrected chi connectivity index (χ0v) is 18.8. The third-order valence-corrected chi connectivity index (χ3v) is 4.56. The predicted octanol–water partition coefficient (Wildman–Crippen LogP) is 3.25. The summed E-state index contributed by atoms with van der Waals surface area (Å²) in [5.41, 5.74) is 1.72. The van der Waals surface area contributed by atoms with Gasteiger partial charge in [-0.1, -0.05) is 26.0 Å². The summed E-state index contributed by atoms with van der Waals surface area (Å²) in [6.07, 6.45) is 1.17. The first-order chi connectivity index (χ1) is 13.1. The topological polar surface area (TPSA) is 74.8 Å². The van der Waals surface area contributed by atoms with Crippen molar-refractivity contribution in [3.05, 3.63) is 29.3 Å². The Kier molecular flexibility index (Phi) is 9.29. The molecule has 0 bridgehead atoms. The van der Waals surface area contributed by atoms with E-state index in [1.165, 1.54) is 5.56 Å². The molecular weight excluding hydrogens is 352 g/mol. The van der Waals surface area contributed by atoms with Crippen molar-refractivity contribution in [3.8, 4) is 5.75 Å². The smallest absolute Gasteiger partial charge is 0.227 e. The van der Waals surface area contributed by atoms with Crippen LogP contribution < -0.4 is 20.7 Å². The standard InChI is InChI=1S/C22H38N4O2/c1-15(2)11-17(4)28-19-12-16(3)9-10-18(19)13-25-21(24-8)26-14-22(5,6)20(27)23-7/h9-10,12,15,17H,11,13-14H2,1-8H3,(H,23,27)(H2,24,25,26). The highest BCUT2D eigenvalue weighted by Gasteiger charge is 2.26. The van der Waals surface area contributed by atoms with Crippen molar-refractivity contribution in [2.45, 2.75) is 60.6 Å². The molecule has 1 unspecified atom stereocenters. The summed E-state index contributed by atoms with van der Waals surface area (Å²) in [6.45, 7) is 13.4. The van der Waals surface area contributed by atoms with Gasteiger partial charge in [0.2, 0.25) is 5.91 Å². The van der Waals surface area contributed by atoms with Crippen LogP contribution in [0.2, 0.25) is 0 Å². The lowest BCUT2D eigenvalue weighted by atomic mass is 9.92. The number of carbonyl (C=O) groups excluding carboxylic acids is 1. The number of ether oxygens (including phenoxy) is 1. The van der Waals surface area contributed by atoms with Gasteiger partial charge in [0.05, 0.1) is 11.5 Å². The Morgan fingerprint density at radius 1 is 1.21 bits per heavy atom. The molecule has 0 heterocycles. The van der Waals surface area contributed by atoms with Crippen LogP contribution in [0.25, 0.3) is 0 Å². The molecule has 0 aliphatic rings. The van der Waals surface area contributed by atoms with Crippen LogP contribution >= 0.6 is 0 Å². The van der Waals surface area contributed by atoms with Crippen LogP contribution in [0, 0.1) is 18.3 Å². The maximum Gasteiger partial charge on any atom is 0.227 e. The lowest BCUT2D eigenvalue weighted by Gasteiger charge is -2.24. The summed E-state index contributed by atoms with van der Waals surface area (Å²) in [5.74, 6) is 2.14. The van der Waals surface area contributed by atoms with Gasteiger partial charge >= 0.3 is 0 Å². The summed E-state index contributed by atoms with van der Waals surface area (Å²) in [6, 6.07) is 6.25. The highest BCUT2D eigenvalue weighted by atomic mass is 16.5. The number of guanidine groups is 1. The third-order valence-electron chi connectivity index (χ3n) is 4.56.